The molecule has 1 atom stereocenters. The molecule has 0 bridgehead atoms. The quantitative estimate of drug-likeness (QED) is 0.614. The summed E-state index contributed by atoms with van der Waals surface area (Å²) >= 11 is 0. The Bertz CT molecular complexity index is 491. The molecule has 1 fully saturated rings. The summed E-state index contributed by atoms with van der Waals surface area (Å²) in [6, 6.07) is 5.80. The Morgan fingerprint density at radius 1 is 1.15 bits per heavy atom. The molecule has 0 amide bonds. The highest BCUT2D eigenvalue weighted by molar-refractivity contribution is 6.05. The van der Waals surface area contributed by atoms with E-state index in [0.29, 0.717) is 6.42 Å². The Morgan fingerprint density at radius 3 is 2.10 bits per heavy atom. The monoisotopic (exact) mass is 280 g/mol. The van der Waals surface area contributed by atoms with Crippen molar-refractivity contribution >= 4 is 11.9 Å². The van der Waals surface area contributed by atoms with Crippen LogP contribution in [0.15, 0.2) is 24.3 Å². The van der Waals surface area contributed by atoms with Gasteiger partial charge in [0.2, 0.25) is 0 Å². The maximum Gasteiger partial charge on any atom is 0.324 e. The Hall–Kier alpha value is -1.91. The van der Waals surface area contributed by atoms with Gasteiger partial charge >= 0.3 is 11.9 Å². The SMILES string of the molecule is CCOC(=O)C1(C(=O)OCC)C[C@H]1c1ccc(F)cc1. The van der Waals surface area contributed by atoms with E-state index in [0.717, 1.165) is 5.56 Å². The van der Waals surface area contributed by atoms with Gasteiger partial charge in [0.15, 0.2) is 5.41 Å². The zero-order chi connectivity index (χ0) is 14.8. The fourth-order valence-electron chi connectivity index (χ4n) is 2.41. The molecule has 1 aliphatic rings. The maximum atomic E-state index is 12.9. The molecule has 1 aromatic carbocycles. The van der Waals surface area contributed by atoms with Crippen molar-refractivity contribution in [3.8, 4) is 0 Å². The minimum Gasteiger partial charge on any atom is -0.465 e. The molecule has 0 saturated heterocycles. The second-order valence-corrected chi connectivity index (χ2v) is 4.72. The molecule has 1 saturated carbocycles. The van der Waals surface area contributed by atoms with E-state index in [-0.39, 0.29) is 24.9 Å². The van der Waals surface area contributed by atoms with Gasteiger partial charge in [-0.15, -0.1) is 0 Å². The van der Waals surface area contributed by atoms with Gasteiger partial charge in [0.25, 0.3) is 0 Å². The van der Waals surface area contributed by atoms with Crippen LogP contribution in [0.2, 0.25) is 0 Å². The molecule has 1 aliphatic carbocycles. The van der Waals surface area contributed by atoms with E-state index in [1.54, 1.807) is 26.0 Å². The fourth-order valence-corrected chi connectivity index (χ4v) is 2.41. The predicted octanol–water partition coefficient (Wildman–Crippen LogP) is 2.43. The lowest BCUT2D eigenvalue weighted by molar-refractivity contribution is -0.164. The van der Waals surface area contributed by atoms with Gasteiger partial charge in [0.05, 0.1) is 13.2 Å². The van der Waals surface area contributed by atoms with E-state index in [1.165, 1.54) is 12.1 Å². The zero-order valence-corrected chi connectivity index (χ0v) is 11.5. The van der Waals surface area contributed by atoms with E-state index < -0.39 is 17.4 Å². The van der Waals surface area contributed by atoms with Crippen LogP contribution >= 0.6 is 0 Å². The third-order valence-corrected chi connectivity index (χ3v) is 3.51. The van der Waals surface area contributed by atoms with Crippen molar-refractivity contribution in [2.45, 2.75) is 26.2 Å². The highest BCUT2D eigenvalue weighted by atomic mass is 19.1. The van der Waals surface area contributed by atoms with Crippen LogP contribution in [0.4, 0.5) is 4.39 Å². The van der Waals surface area contributed by atoms with Crippen LogP contribution in [0.5, 0.6) is 0 Å². The number of ether oxygens (including phenoxy) is 2. The van der Waals surface area contributed by atoms with Crippen LogP contribution in [0, 0.1) is 11.2 Å². The molecule has 0 heterocycles. The predicted molar refractivity (Wildman–Crippen MR) is 69.5 cm³/mol. The molecular formula is C15H17FO4. The largest absolute Gasteiger partial charge is 0.465 e. The number of hydrogen-bond donors (Lipinski definition) is 0. The minimum absolute atomic E-state index is 0.204. The fraction of sp³-hybridized carbons (Fsp3) is 0.467. The van der Waals surface area contributed by atoms with Crippen LogP contribution in [-0.4, -0.2) is 25.2 Å². The summed E-state index contributed by atoms with van der Waals surface area (Å²) in [5.74, 6) is -1.78. The average molecular weight is 280 g/mol. The molecule has 0 aliphatic heterocycles. The molecule has 20 heavy (non-hydrogen) atoms. The smallest absolute Gasteiger partial charge is 0.324 e. The molecule has 1 aromatic rings. The van der Waals surface area contributed by atoms with Crippen LogP contribution in [0.25, 0.3) is 0 Å². The second-order valence-electron chi connectivity index (χ2n) is 4.72. The highest BCUT2D eigenvalue weighted by Gasteiger charge is 2.68. The molecular weight excluding hydrogens is 263 g/mol. The molecule has 0 aromatic heterocycles. The van der Waals surface area contributed by atoms with Gasteiger partial charge < -0.3 is 9.47 Å². The van der Waals surface area contributed by atoms with Gasteiger partial charge in [-0.1, -0.05) is 12.1 Å². The van der Waals surface area contributed by atoms with Gasteiger partial charge in [-0.05, 0) is 38.0 Å². The first kappa shape index (κ1) is 14.5. The first-order valence-corrected chi connectivity index (χ1v) is 6.66. The number of hydrogen-bond acceptors (Lipinski definition) is 4. The number of halogens is 1. The van der Waals surface area contributed by atoms with Crippen molar-refractivity contribution in [3.63, 3.8) is 0 Å². The molecule has 0 spiro atoms. The Balaban J connectivity index is 2.25. The van der Waals surface area contributed by atoms with Crippen molar-refractivity contribution in [1.82, 2.24) is 0 Å². The van der Waals surface area contributed by atoms with Crippen molar-refractivity contribution in [1.29, 1.82) is 0 Å². The summed E-state index contributed by atoms with van der Waals surface area (Å²) in [6.07, 6.45) is 0.344. The first-order valence-electron chi connectivity index (χ1n) is 6.66. The van der Waals surface area contributed by atoms with Gasteiger partial charge in [-0.3, -0.25) is 9.59 Å². The molecule has 0 N–H and O–H groups in total. The van der Waals surface area contributed by atoms with E-state index in [1.807, 2.05) is 0 Å². The maximum absolute atomic E-state index is 12.9. The molecule has 4 nitrogen and oxygen atoms in total. The lowest BCUT2D eigenvalue weighted by Gasteiger charge is -2.14. The number of rotatable bonds is 5. The third kappa shape index (κ3) is 2.40. The average Bonchev–Trinajstić information content (AvgIpc) is 3.17. The lowest BCUT2D eigenvalue weighted by atomic mass is 9.99. The van der Waals surface area contributed by atoms with E-state index >= 15 is 0 Å². The van der Waals surface area contributed by atoms with Crippen molar-refractivity contribution in [2.75, 3.05) is 13.2 Å². The molecule has 0 radical (unpaired) electrons. The lowest BCUT2D eigenvalue weighted by Crippen LogP contribution is -2.31. The number of esters is 2. The molecule has 2 rings (SSSR count). The standard InChI is InChI=1S/C15H17FO4/c1-3-19-13(17)15(14(18)20-4-2)9-12(15)10-5-7-11(16)8-6-10/h5-8,12H,3-4,9H2,1-2H3/t12-/m0/s1. The topological polar surface area (TPSA) is 52.6 Å². The second kappa shape index (κ2) is 5.61. The van der Waals surface area contributed by atoms with E-state index in [2.05, 4.69) is 0 Å². The Morgan fingerprint density at radius 2 is 1.65 bits per heavy atom. The number of benzene rings is 1. The van der Waals surface area contributed by atoms with E-state index in [9.17, 15) is 14.0 Å². The summed E-state index contributed by atoms with van der Waals surface area (Å²) in [4.78, 5) is 24.2. The van der Waals surface area contributed by atoms with Gasteiger partial charge in [-0.2, -0.15) is 0 Å². The van der Waals surface area contributed by atoms with Crippen LogP contribution < -0.4 is 0 Å². The van der Waals surface area contributed by atoms with Crippen molar-refractivity contribution in [3.05, 3.63) is 35.6 Å². The normalized spacial score (nSPS) is 19.2. The highest BCUT2D eigenvalue weighted by Crippen LogP contribution is 2.60. The van der Waals surface area contributed by atoms with Gasteiger partial charge in [0, 0.05) is 5.92 Å². The first-order chi connectivity index (χ1) is 9.56. The van der Waals surface area contributed by atoms with Crippen LogP contribution in [0.3, 0.4) is 0 Å². The zero-order valence-electron chi connectivity index (χ0n) is 11.5. The van der Waals surface area contributed by atoms with Gasteiger partial charge in [0.1, 0.15) is 5.82 Å². The molecule has 5 heteroatoms. The molecule has 0 unspecified atom stereocenters. The van der Waals surface area contributed by atoms with Crippen LogP contribution in [0.1, 0.15) is 31.7 Å². The Kier molecular flexibility index (Phi) is 4.06. The third-order valence-electron chi connectivity index (χ3n) is 3.51. The number of carbonyl (C=O) groups is 2. The van der Waals surface area contributed by atoms with Crippen LogP contribution in [-0.2, 0) is 19.1 Å². The number of carbonyl (C=O) groups excluding carboxylic acids is 2. The van der Waals surface area contributed by atoms with Gasteiger partial charge in [-0.25, -0.2) is 4.39 Å². The summed E-state index contributed by atoms with van der Waals surface area (Å²) in [7, 11) is 0. The van der Waals surface area contributed by atoms with E-state index in [4.69, 9.17) is 9.47 Å². The summed E-state index contributed by atoms with van der Waals surface area (Å²) in [5.41, 5.74) is -0.517. The Labute approximate surface area is 116 Å². The molecule has 108 valence electrons. The summed E-state index contributed by atoms with van der Waals surface area (Å²) < 4.78 is 22.9. The summed E-state index contributed by atoms with van der Waals surface area (Å²) in [6.45, 7) is 3.78. The summed E-state index contributed by atoms with van der Waals surface area (Å²) in [5, 5.41) is 0. The minimum atomic E-state index is -1.26. The van der Waals surface area contributed by atoms with Crippen molar-refractivity contribution in [2.24, 2.45) is 5.41 Å². The van der Waals surface area contributed by atoms with Crippen molar-refractivity contribution < 1.29 is 23.5 Å².